The molecule has 132 valence electrons. The molecule has 2 heterocycles. The van der Waals surface area contributed by atoms with E-state index in [0.717, 1.165) is 0 Å². The van der Waals surface area contributed by atoms with Gasteiger partial charge in [-0.15, -0.1) is 4.83 Å². The number of aromatic nitrogens is 2. The van der Waals surface area contributed by atoms with Crippen LogP contribution in [-0.2, 0) is 14.8 Å². The van der Waals surface area contributed by atoms with Crippen molar-refractivity contribution in [3.63, 3.8) is 0 Å². The Balaban J connectivity index is 1.52. The lowest BCUT2D eigenvalue weighted by Gasteiger charge is -2.31. The first-order valence-corrected chi connectivity index (χ1v) is 9.43. The number of hydrogen-bond acceptors (Lipinski definition) is 6. The number of nitrogens with one attached hydrogen (secondary N) is 2. The maximum atomic E-state index is 12.2. The van der Waals surface area contributed by atoms with Crippen LogP contribution in [0.2, 0.25) is 0 Å². The molecule has 0 unspecified atom stereocenters. The number of nitrogens with zero attached hydrogens (tertiary/aromatic N) is 3. The van der Waals surface area contributed by atoms with E-state index in [9.17, 15) is 13.2 Å². The number of rotatable bonds is 5. The number of carbonyl (C=O) groups is 1. The highest BCUT2D eigenvalue weighted by Crippen LogP contribution is 2.20. The van der Waals surface area contributed by atoms with Gasteiger partial charge in [-0.2, -0.15) is 0 Å². The van der Waals surface area contributed by atoms with Gasteiger partial charge in [-0.05, 0) is 31.0 Å². The van der Waals surface area contributed by atoms with E-state index in [0.29, 0.717) is 31.9 Å². The summed E-state index contributed by atoms with van der Waals surface area (Å²) < 4.78 is 24.2. The minimum atomic E-state index is -3.76. The molecule has 0 radical (unpaired) electrons. The Morgan fingerprint density at radius 2 is 1.68 bits per heavy atom. The first-order chi connectivity index (χ1) is 12.1. The summed E-state index contributed by atoms with van der Waals surface area (Å²) in [7, 11) is -3.76. The van der Waals surface area contributed by atoms with Gasteiger partial charge in [-0.25, -0.2) is 18.4 Å². The van der Waals surface area contributed by atoms with E-state index in [4.69, 9.17) is 0 Å². The molecule has 25 heavy (non-hydrogen) atoms. The third-order valence-corrected chi connectivity index (χ3v) is 5.33. The minimum absolute atomic E-state index is 0.103. The molecule has 0 spiro atoms. The van der Waals surface area contributed by atoms with Crippen molar-refractivity contribution in [2.45, 2.75) is 17.7 Å². The zero-order chi connectivity index (χ0) is 17.7. The van der Waals surface area contributed by atoms with Crippen molar-refractivity contribution >= 4 is 21.9 Å². The first kappa shape index (κ1) is 17.3. The standard InChI is InChI=1S/C16H19N5O3S/c22-15(19-20-25(23,24)14-5-2-1-3-6-14)13-7-11-21(12-8-13)16-17-9-4-10-18-16/h1-6,9-10,13,20H,7-8,11-12H2,(H,19,22). The van der Waals surface area contributed by atoms with Crippen molar-refractivity contribution in [1.82, 2.24) is 20.2 Å². The van der Waals surface area contributed by atoms with Gasteiger partial charge in [-0.1, -0.05) is 18.2 Å². The average molecular weight is 361 g/mol. The molecule has 9 heteroatoms. The smallest absolute Gasteiger partial charge is 0.257 e. The van der Waals surface area contributed by atoms with Crippen LogP contribution in [0.25, 0.3) is 0 Å². The molecule has 1 fully saturated rings. The van der Waals surface area contributed by atoms with Gasteiger partial charge in [0.05, 0.1) is 4.90 Å². The molecule has 1 aromatic heterocycles. The molecule has 3 rings (SSSR count). The van der Waals surface area contributed by atoms with Gasteiger partial charge in [0, 0.05) is 31.4 Å². The number of hydrogen-bond donors (Lipinski definition) is 2. The van der Waals surface area contributed by atoms with Crippen molar-refractivity contribution in [3.05, 3.63) is 48.8 Å². The summed E-state index contributed by atoms with van der Waals surface area (Å²) in [5.41, 5.74) is 2.32. The number of amides is 1. The summed E-state index contributed by atoms with van der Waals surface area (Å²) >= 11 is 0. The van der Waals surface area contributed by atoms with Gasteiger partial charge in [0.2, 0.25) is 11.9 Å². The summed E-state index contributed by atoms with van der Waals surface area (Å²) in [4.78, 5) is 24.9. The van der Waals surface area contributed by atoms with Crippen LogP contribution >= 0.6 is 0 Å². The molecule has 0 saturated carbocycles. The number of hydrazine groups is 1. The highest BCUT2D eigenvalue weighted by Gasteiger charge is 2.27. The quantitative estimate of drug-likeness (QED) is 0.760. The molecule has 1 aliphatic rings. The lowest BCUT2D eigenvalue weighted by Crippen LogP contribution is -2.47. The SMILES string of the molecule is O=C(NNS(=O)(=O)c1ccccc1)C1CCN(c2ncccn2)CC1. The van der Waals surface area contributed by atoms with Gasteiger partial charge >= 0.3 is 0 Å². The van der Waals surface area contributed by atoms with Crippen molar-refractivity contribution in [1.29, 1.82) is 0 Å². The van der Waals surface area contributed by atoms with Crippen molar-refractivity contribution < 1.29 is 13.2 Å². The van der Waals surface area contributed by atoms with E-state index in [1.807, 2.05) is 4.90 Å². The number of anilines is 1. The molecule has 2 aromatic rings. The third-order valence-electron chi connectivity index (χ3n) is 4.06. The predicted octanol–water partition coefficient (Wildman–Crippen LogP) is 0.703. The summed E-state index contributed by atoms with van der Waals surface area (Å²) in [6.07, 6.45) is 4.58. The second-order valence-electron chi connectivity index (χ2n) is 5.72. The maximum Gasteiger partial charge on any atom is 0.257 e. The molecule has 1 amide bonds. The van der Waals surface area contributed by atoms with Gasteiger partial charge in [0.1, 0.15) is 0 Å². The third kappa shape index (κ3) is 4.31. The topological polar surface area (TPSA) is 104 Å². The Morgan fingerprint density at radius 3 is 2.32 bits per heavy atom. The largest absolute Gasteiger partial charge is 0.341 e. The van der Waals surface area contributed by atoms with Crippen molar-refractivity contribution in [3.8, 4) is 0 Å². The van der Waals surface area contributed by atoms with Crippen LogP contribution in [0.3, 0.4) is 0 Å². The van der Waals surface area contributed by atoms with E-state index in [1.54, 1.807) is 36.7 Å². The first-order valence-electron chi connectivity index (χ1n) is 7.95. The van der Waals surface area contributed by atoms with Crippen LogP contribution < -0.4 is 15.2 Å². The lowest BCUT2D eigenvalue weighted by atomic mass is 9.96. The highest BCUT2D eigenvalue weighted by molar-refractivity contribution is 7.89. The second-order valence-corrected chi connectivity index (χ2v) is 7.40. The van der Waals surface area contributed by atoms with E-state index in [-0.39, 0.29) is 16.7 Å². The molecular weight excluding hydrogens is 342 g/mol. The highest BCUT2D eigenvalue weighted by atomic mass is 32.2. The summed E-state index contributed by atoms with van der Waals surface area (Å²) in [6, 6.07) is 9.65. The maximum absolute atomic E-state index is 12.2. The van der Waals surface area contributed by atoms with E-state index >= 15 is 0 Å². The fourth-order valence-electron chi connectivity index (χ4n) is 2.67. The molecule has 0 bridgehead atoms. The van der Waals surface area contributed by atoms with Crippen molar-refractivity contribution in [2.24, 2.45) is 5.92 Å². The minimum Gasteiger partial charge on any atom is -0.341 e. The van der Waals surface area contributed by atoms with Crippen LogP contribution in [0.5, 0.6) is 0 Å². The molecule has 2 N–H and O–H groups in total. The number of piperidine rings is 1. The zero-order valence-corrected chi connectivity index (χ0v) is 14.3. The Kier molecular flexibility index (Phi) is 5.25. The van der Waals surface area contributed by atoms with Crippen LogP contribution in [0.1, 0.15) is 12.8 Å². The lowest BCUT2D eigenvalue weighted by molar-refractivity contribution is -0.126. The fourth-order valence-corrected chi connectivity index (χ4v) is 3.54. The zero-order valence-electron chi connectivity index (χ0n) is 13.5. The Morgan fingerprint density at radius 1 is 1.04 bits per heavy atom. The Labute approximate surface area is 146 Å². The van der Waals surface area contributed by atoms with Crippen LogP contribution in [-0.4, -0.2) is 37.4 Å². The monoisotopic (exact) mass is 361 g/mol. The van der Waals surface area contributed by atoms with Crippen LogP contribution in [0.4, 0.5) is 5.95 Å². The van der Waals surface area contributed by atoms with E-state index < -0.39 is 10.0 Å². The molecule has 8 nitrogen and oxygen atoms in total. The average Bonchev–Trinajstić information content (AvgIpc) is 2.68. The molecule has 0 aliphatic carbocycles. The van der Waals surface area contributed by atoms with Gasteiger partial charge < -0.3 is 4.90 Å². The summed E-state index contributed by atoms with van der Waals surface area (Å²) in [6.45, 7) is 1.29. The van der Waals surface area contributed by atoms with Crippen LogP contribution in [0.15, 0.2) is 53.7 Å². The molecule has 0 atom stereocenters. The molecule has 1 aliphatic heterocycles. The number of sulfonamides is 1. The van der Waals surface area contributed by atoms with Crippen molar-refractivity contribution in [2.75, 3.05) is 18.0 Å². The Bertz CT molecular complexity index is 806. The van der Waals surface area contributed by atoms with Gasteiger partial charge in [-0.3, -0.25) is 10.2 Å². The molecular formula is C16H19N5O3S. The predicted molar refractivity (Wildman–Crippen MR) is 91.9 cm³/mol. The Hall–Kier alpha value is -2.52. The molecule has 1 aromatic carbocycles. The van der Waals surface area contributed by atoms with E-state index in [1.165, 1.54) is 12.1 Å². The van der Waals surface area contributed by atoms with E-state index in [2.05, 4.69) is 20.2 Å². The van der Waals surface area contributed by atoms with Gasteiger partial charge in [0.25, 0.3) is 10.0 Å². The fraction of sp³-hybridized carbons (Fsp3) is 0.312. The van der Waals surface area contributed by atoms with Gasteiger partial charge in [0.15, 0.2) is 0 Å². The summed E-state index contributed by atoms with van der Waals surface area (Å²) in [5, 5.41) is 0. The number of carbonyl (C=O) groups excluding carboxylic acids is 1. The van der Waals surface area contributed by atoms with Crippen LogP contribution in [0, 0.1) is 5.92 Å². The normalized spacial score (nSPS) is 15.8. The number of benzene rings is 1. The summed E-state index contributed by atoms with van der Waals surface area (Å²) in [5.74, 6) is 0.0673. The second kappa shape index (κ2) is 7.58. The molecule has 1 saturated heterocycles.